The molecule has 22 heavy (non-hydrogen) atoms. The quantitative estimate of drug-likeness (QED) is 0.776. The molecule has 0 heterocycles. The van der Waals surface area contributed by atoms with Crippen LogP contribution in [0.3, 0.4) is 0 Å². The van der Waals surface area contributed by atoms with Crippen LogP contribution in [-0.4, -0.2) is 16.6 Å². The first kappa shape index (κ1) is 16.7. The summed E-state index contributed by atoms with van der Waals surface area (Å²) in [6, 6.07) is 21.6. The van der Waals surface area contributed by atoms with E-state index in [0.29, 0.717) is 6.04 Å². The third kappa shape index (κ3) is 4.69. The maximum absolute atomic E-state index is 6.68. The fraction of sp³-hybridized carbons (Fsp3) is 0.400. The van der Waals surface area contributed by atoms with Crippen molar-refractivity contribution in [1.82, 2.24) is 4.90 Å². The second-order valence-electron chi connectivity index (χ2n) is 6.55. The average Bonchev–Trinajstić information content (AvgIpc) is 2.52. The summed E-state index contributed by atoms with van der Waals surface area (Å²) in [4.78, 5) is 2.39. The van der Waals surface area contributed by atoms with E-state index in [1.165, 1.54) is 11.1 Å². The van der Waals surface area contributed by atoms with Crippen molar-refractivity contribution in [2.75, 3.05) is 0 Å². The number of benzene rings is 2. The molecule has 0 amide bonds. The van der Waals surface area contributed by atoms with Crippen LogP contribution in [0.2, 0.25) is 0 Å². The van der Waals surface area contributed by atoms with Crippen molar-refractivity contribution in [3.8, 4) is 0 Å². The minimum Gasteiger partial charge on any atom is -0.313 e. The smallest absolute Gasteiger partial charge is 0.0666 e. The number of hydrogen-bond acceptors (Lipinski definition) is 2. The summed E-state index contributed by atoms with van der Waals surface area (Å²) in [6.45, 7) is 7.48. The van der Waals surface area contributed by atoms with Crippen LogP contribution in [-0.2, 0) is 13.0 Å². The van der Waals surface area contributed by atoms with Crippen LogP contribution in [0.25, 0.3) is 0 Å². The molecule has 0 saturated carbocycles. The Morgan fingerprint density at radius 2 is 1.41 bits per heavy atom. The van der Waals surface area contributed by atoms with Crippen LogP contribution < -0.4 is 5.73 Å². The molecule has 0 aliphatic rings. The van der Waals surface area contributed by atoms with Crippen LogP contribution >= 0.6 is 0 Å². The molecule has 0 aromatic heterocycles. The van der Waals surface area contributed by atoms with Crippen molar-refractivity contribution in [1.29, 1.82) is 0 Å². The Balaban J connectivity index is 2.05. The second-order valence-corrected chi connectivity index (χ2v) is 6.55. The van der Waals surface area contributed by atoms with Crippen molar-refractivity contribution in [2.24, 2.45) is 5.73 Å². The summed E-state index contributed by atoms with van der Waals surface area (Å²) in [5.41, 5.74) is 9.03. The van der Waals surface area contributed by atoms with E-state index in [9.17, 15) is 0 Å². The molecule has 2 rings (SSSR count). The summed E-state index contributed by atoms with van der Waals surface area (Å²) in [6.07, 6.45) is 1.95. The molecule has 2 aromatic rings. The highest BCUT2D eigenvalue weighted by atomic mass is 15.3. The highest BCUT2D eigenvalue weighted by molar-refractivity contribution is 5.16. The largest absolute Gasteiger partial charge is 0.313 e. The number of nitrogens with two attached hydrogens (primary N) is 1. The topological polar surface area (TPSA) is 29.3 Å². The van der Waals surface area contributed by atoms with Crippen molar-refractivity contribution in [2.45, 2.75) is 51.9 Å². The molecule has 0 aliphatic heterocycles. The van der Waals surface area contributed by atoms with Crippen molar-refractivity contribution < 1.29 is 0 Å². The van der Waals surface area contributed by atoms with Crippen LogP contribution in [0.1, 0.15) is 38.3 Å². The van der Waals surface area contributed by atoms with Gasteiger partial charge in [0.2, 0.25) is 0 Å². The van der Waals surface area contributed by atoms with Gasteiger partial charge in [0, 0.05) is 12.6 Å². The molecule has 118 valence electrons. The fourth-order valence-electron chi connectivity index (χ4n) is 2.92. The molecule has 0 spiro atoms. The third-order valence-corrected chi connectivity index (χ3v) is 4.24. The Morgan fingerprint density at radius 3 is 1.91 bits per heavy atom. The van der Waals surface area contributed by atoms with Gasteiger partial charge in [0.15, 0.2) is 0 Å². The Morgan fingerprint density at radius 1 is 0.909 bits per heavy atom. The fourth-order valence-corrected chi connectivity index (χ4v) is 2.92. The molecule has 2 aromatic carbocycles. The summed E-state index contributed by atoms with van der Waals surface area (Å²) in [5, 5.41) is 0. The van der Waals surface area contributed by atoms with Gasteiger partial charge in [-0.25, -0.2) is 0 Å². The van der Waals surface area contributed by atoms with E-state index in [1.807, 2.05) is 0 Å². The highest BCUT2D eigenvalue weighted by Gasteiger charge is 2.29. The van der Waals surface area contributed by atoms with Crippen LogP contribution in [0.5, 0.6) is 0 Å². The van der Waals surface area contributed by atoms with Gasteiger partial charge in [-0.15, -0.1) is 0 Å². The van der Waals surface area contributed by atoms with Gasteiger partial charge in [0.25, 0.3) is 0 Å². The van der Waals surface area contributed by atoms with E-state index in [1.54, 1.807) is 0 Å². The Kier molecular flexibility index (Phi) is 5.76. The molecule has 2 heteroatoms. The van der Waals surface area contributed by atoms with Gasteiger partial charge in [-0.1, -0.05) is 60.7 Å². The van der Waals surface area contributed by atoms with Gasteiger partial charge in [0.1, 0.15) is 0 Å². The van der Waals surface area contributed by atoms with Gasteiger partial charge in [-0.05, 0) is 44.7 Å². The predicted octanol–water partition coefficient (Wildman–Crippen LogP) is 4.20. The second kappa shape index (κ2) is 7.57. The molecule has 0 bridgehead atoms. The van der Waals surface area contributed by atoms with E-state index in [0.717, 1.165) is 19.4 Å². The van der Waals surface area contributed by atoms with E-state index in [2.05, 4.69) is 86.3 Å². The molecule has 2 nitrogen and oxygen atoms in total. The average molecular weight is 296 g/mol. The molecule has 1 atom stereocenters. The zero-order chi connectivity index (χ0) is 16.0. The number of hydrogen-bond donors (Lipinski definition) is 1. The van der Waals surface area contributed by atoms with Crippen molar-refractivity contribution in [3.05, 3.63) is 71.8 Å². The number of rotatable bonds is 7. The normalized spacial score (nSPS) is 14.3. The van der Waals surface area contributed by atoms with Crippen LogP contribution in [0.4, 0.5) is 0 Å². The third-order valence-electron chi connectivity index (χ3n) is 4.24. The maximum Gasteiger partial charge on any atom is 0.0666 e. The first-order valence-electron chi connectivity index (χ1n) is 8.12. The van der Waals surface area contributed by atoms with E-state index < -0.39 is 0 Å². The first-order valence-corrected chi connectivity index (χ1v) is 8.12. The highest BCUT2D eigenvalue weighted by Crippen LogP contribution is 2.22. The Bertz CT molecular complexity index is 546. The van der Waals surface area contributed by atoms with Crippen molar-refractivity contribution >= 4 is 0 Å². The minimum absolute atomic E-state index is 0.320. The molecular weight excluding hydrogens is 268 g/mol. The van der Waals surface area contributed by atoms with Gasteiger partial charge in [-0.2, -0.15) is 0 Å². The van der Waals surface area contributed by atoms with E-state index in [-0.39, 0.29) is 5.66 Å². The van der Waals surface area contributed by atoms with Gasteiger partial charge >= 0.3 is 0 Å². The van der Waals surface area contributed by atoms with Gasteiger partial charge in [0.05, 0.1) is 5.66 Å². The zero-order valence-corrected chi connectivity index (χ0v) is 14.0. The standard InChI is InChI=1S/C20H28N2/c1-17(2)22(16-19-12-8-5-9-13-19)20(3,21)15-14-18-10-6-4-7-11-18/h4-13,17H,14-16,21H2,1-3H3. The molecule has 0 radical (unpaired) electrons. The first-order chi connectivity index (χ1) is 10.5. The lowest BCUT2D eigenvalue weighted by atomic mass is 9.98. The van der Waals surface area contributed by atoms with E-state index in [4.69, 9.17) is 5.73 Å². The summed E-state index contributed by atoms with van der Waals surface area (Å²) in [7, 11) is 0. The Labute approximate surface area is 135 Å². The van der Waals surface area contributed by atoms with Gasteiger partial charge in [-0.3, -0.25) is 4.90 Å². The summed E-state index contributed by atoms with van der Waals surface area (Å²) >= 11 is 0. The van der Waals surface area contributed by atoms with Crippen LogP contribution in [0, 0.1) is 0 Å². The molecule has 0 aliphatic carbocycles. The molecule has 2 N–H and O–H groups in total. The Hall–Kier alpha value is -1.64. The minimum atomic E-state index is -0.320. The number of aryl methyl sites for hydroxylation is 1. The van der Waals surface area contributed by atoms with Crippen molar-refractivity contribution in [3.63, 3.8) is 0 Å². The summed E-state index contributed by atoms with van der Waals surface area (Å²) in [5.74, 6) is 0. The van der Waals surface area contributed by atoms with Crippen LogP contribution in [0.15, 0.2) is 60.7 Å². The predicted molar refractivity (Wildman–Crippen MR) is 94.5 cm³/mol. The SMILES string of the molecule is CC(C)N(Cc1ccccc1)C(C)(N)CCc1ccccc1. The lowest BCUT2D eigenvalue weighted by molar-refractivity contribution is 0.0585. The monoisotopic (exact) mass is 296 g/mol. The number of nitrogens with zero attached hydrogens (tertiary/aromatic N) is 1. The lowest BCUT2D eigenvalue weighted by Gasteiger charge is -2.41. The molecule has 1 unspecified atom stereocenters. The molecular formula is C20H28N2. The maximum atomic E-state index is 6.68. The molecule has 0 saturated heterocycles. The van der Waals surface area contributed by atoms with E-state index >= 15 is 0 Å². The van der Waals surface area contributed by atoms with Gasteiger partial charge < -0.3 is 5.73 Å². The zero-order valence-electron chi connectivity index (χ0n) is 14.0. The summed E-state index contributed by atoms with van der Waals surface area (Å²) < 4.78 is 0. The lowest BCUT2D eigenvalue weighted by Crippen LogP contribution is -2.56. The molecule has 0 fully saturated rings.